The van der Waals surface area contributed by atoms with Crippen LogP contribution in [0.4, 0.5) is 0 Å². The summed E-state index contributed by atoms with van der Waals surface area (Å²) in [5, 5.41) is 8.26. The fourth-order valence-corrected chi connectivity index (χ4v) is 1.01. The predicted octanol–water partition coefficient (Wildman–Crippen LogP) is 0.678. The van der Waals surface area contributed by atoms with Gasteiger partial charge in [-0.25, -0.2) is 4.79 Å². The Hall–Kier alpha value is -2.17. The lowest BCUT2D eigenvalue weighted by molar-refractivity contribution is -0.153. The summed E-state index contributed by atoms with van der Waals surface area (Å²) in [5.41, 5.74) is 0. The summed E-state index contributed by atoms with van der Waals surface area (Å²) in [4.78, 5) is 31.8. The van der Waals surface area contributed by atoms with Gasteiger partial charge in [-0.15, -0.1) is 0 Å². The van der Waals surface area contributed by atoms with E-state index >= 15 is 0 Å². The zero-order valence-corrected chi connectivity index (χ0v) is 8.38. The Kier molecular flexibility index (Phi) is 4.20. The standard InChI is InChI=1S/C11H10O5/c12-9(10(13)11(14)15)6-7-16-8-4-2-1-3-5-8/h1-5H,6-7H2,(H,14,15). The van der Waals surface area contributed by atoms with Crippen molar-refractivity contribution in [3.05, 3.63) is 30.3 Å². The van der Waals surface area contributed by atoms with Crippen LogP contribution in [0.2, 0.25) is 0 Å². The lowest BCUT2D eigenvalue weighted by atomic mass is 10.2. The third kappa shape index (κ3) is 3.53. The molecule has 0 radical (unpaired) electrons. The SMILES string of the molecule is O=C(O)C(=O)C(=O)CCOc1ccccc1. The monoisotopic (exact) mass is 222 g/mol. The molecule has 0 saturated carbocycles. The normalized spacial score (nSPS) is 9.50. The molecule has 1 N–H and O–H groups in total. The van der Waals surface area contributed by atoms with E-state index in [0.29, 0.717) is 5.75 Å². The summed E-state index contributed by atoms with van der Waals surface area (Å²) in [7, 11) is 0. The zero-order chi connectivity index (χ0) is 12.0. The van der Waals surface area contributed by atoms with Crippen molar-refractivity contribution in [2.75, 3.05) is 6.61 Å². The first-order valence-electron chi connectivity index (χ1n) is 4.59. The number of aliphatic carboxylic acids is 1. The van der Waals surface area contributed by atoms with Crippen LogP contribution in [0.25, 0.3) is 0 Å². The number of carbonyl (C=O) groups excluding carboxylic acids is 2. The average Bonchev–Trinajstić information content (AvgIpc) is 2.29. The number of carbonyl (C=O) groups is 3. The summed E-state index contributed by atoms with van der Waals surface area (Å²) < 4.78 is 5.14. The van der Waals surface area contributed by atoms with Gasteiger partial charge < -0.3 is 9.84 Å². The van der Waals surface area contributed by atoms with Gasteiger partial charge in [0.05, 0.1) is 6.61 Å². The van der Waals surface area contributed by atoms with Crippen LogP contribution >= 0.6 is 0 Å². The fourth-order valence-electron chi connectivity index (χ4n) is 1.01. The Labute approximate surface area is 91.6 Å². The molecule has 1 rings (SSSR count). The number of Topliss-reactive ketones (excluding diaryl/α,β-unsaturated/α-hetero) is 2. The zero-order valence-electron chi connectivity index (χ0n) is 8.38. The fraction of sp³-hybridized carbons (Fsp3) is 0.182. The van der Waals surface area contributed by atoms with E-state index in [2.05, 4.69) is 0 Å². The molecule has 1 aromatic carbocycles. The van der Waals surface area contributed by atoms with Crippen LogP contribution in [0.1, 0.15) is 6.42 Å². The molecule has 0 aliphatic heterocycles. The largest absolute Gasteiger partial charge is 0.493 e. The van der Waals surface area contributed by atoms with E-state index in [1.54, 1.807) is 24.3 Å². The minimum atomic E-state index is -1.73. The third-order valence-electron chi connectivity index (χ3n) is 1.79. The molecule has 0 aliphatic carbocycles. The van der Waals surface area contributed by atoms with Gasteiger partial charge in [-0.2, -0.15) is 0 Å². The van der Waals surface area contributed by atoms with Gasteiger partial charge in [-0.1, -0.05) is 18.2 Å². The Morgan fingerprint density at radius 3 is 2.31 bits per heavy atom. The maximum Gasteiger partial charge on any atom is 0.380 e. The van der Waals surface area contributed by atoms with Crippen molar-refractivity contribution in [2.45, 2.75) is 6.42 Å². The van der Waals surface area contributed by atoms with Gasteiger partial charge in [0.25, 0.3) is 0 Å². The number of carboxylic acids is 1. The first-order valence-corrected chi connectivity index (χ1v) is 4.59. The van der Waals surface area contributed by atoms with Crippen LogP contribution in [0.15, 0.2) is 30.3 Å². The quantitative estimate of drug-likeness (QED) is 0.565. The van der Waals surface area contributed by atoms with Crippen molar-refractivity contribution in [3.63, 3.8) is 0 Å². The highest BCUT2D eigenvalue weighted by Crippen LogP contribution is 2.08. The van der Waals surface area contributed by atoms with Gasteiger partial charge in [0, 0.05) is 6.42 Å². The first kappa shape index (κ1) is 11.9. The number of hydrogen-bond donors (Lipinski definition) is 1. The summed E-state index contributed by atoms with van der Waals surface area (Å²) in [6.07, 6.45) is -0.236. The van der Waals surface area contributed by atoms with Crippen LogP contribution in [-0.4, -0.2) is 29.2 Å². The van der Waals surface area contributed by atoms with Crippen molar-refractivity contribution < 1.29 is 24.2 Å². The van der Waals surface area contributed by atoms with Crippen LogP contribution in [0, 0.1) is 0 Å². The van der Waals surface area contributed by atoms with Gasteiger partial charge in [0.1, 0.15) is 5.75 Å². The molecule has 5 heteroatoms. The summed E-state index contributed by atoms with van der Waals surface area (Å²) >= 11 is 0. The molecule has 0 saturated heterocycles. The molecule has 0 heterocycles. The lowest BCUT2D eigenvalue weighted by Crippen LogP contribution is -2.24. The smallest absolute Gasteiger partial charge is 0.380 e. The van der Waals surface area contributed by atoms with Crippen LogP contribution in [0.5, 0.6) is 5.75 Å². The minimum Gasteiger partial charge on any atom is -0.493 e. The van der Waals surface area contributed by atoms with Crippen molar-refractivity contribution in [1.82, 2.24) is 0 Å². The minimum absolute atomic E-state index is 0.0120. The highest BCUT2D eigenvalue weighted by molar-refractivity contribution is 6.61. The maximum atomic E-state index is 11.0. The van der Waals surface area contributed by atoms with Gasteiger partial charge in [0.2, 0.25) is 5.78 Å². The van der Waals surface area contributed by atoms with Crippen molar-refractivity contribution in [2.24, 2.45) is 0 Å². The van der Waals surface area contributed by atoms with E-state index in [9.17, 15) is 14.4 Å². The molecule has 0 aromatic heterocycles. The molecule has 0 fully saturated rings. The van der Waals surface area contributed by atoms with Gasteiger partial charge >= 0.3 is 11.8 Å². The second-order valence-electron chi connectivity index (χ2n) is 2.97. The van der Waals surface area contributed by atoms with Crippen molar-refractivity contribution >= 4 is 17.5 Å². The lowest BCUT2D eigenvalue weighted by Gasteiger charge is -2.03. The van der Waals surface area contributed by atoms with Crippen LogP contribution in [0.3, 0.4) is 0 Å². The predicted molar refractivity (Wildman–Crippen MR) is 54.2 cm³/mol. The molecule has 5 nitrogen and oxygen atoms in total. The molecule has 0 bridgehead atoms. The summed E-state index contributed by atoms with van der Waals surface area (Å²) in [6.45, 7) is -0.0120. The molecule has 84 valence electrons. The second kappa shape index (κ2) is 5.65. The number of rotatable bonds is 6. The molecule has 0 unspecified atom stereocenters. The Balaban J connectivity index is 2.34. The van der Waals surface area contributed by atoms with E-state index in [1.165, 1.54) is 0 Å². The molecule has 16 heavy (non-hydrogen) atoms. The number of carboxylic acid groups (broad SMARTS) is 1. The molecular weight excluding hydrogens is 212 g/mol. The topological polar surface area (TPSA) is 80.7 Å². The maximum absolute atomic E-state index is 11.0. The van der Waals surface area contributed by atoms with Crippen LogP contribution in [-0.2, 0) is 14.4 Å². The number of ketones is 2. The Morgan fingerprint density at radius 1 is 1.12 bits per heavy atom. The van der Waals surface area contributed by atoms with Crippen LogP contribution < -0.4 is 4.74 Å². The van der Waals surface area contributed by atoms with E-state index in [1.807, 2.05) is 6.07 Å². The number of ether oxygens (including phenoxy) is 1. The number of para-hydroxylation sites is 1. The average molecular weight is 222 g/mol. The Morgan fingerprint density at radius 2 is 1.75 bits per heavy atom. The first-order chi connectivity index (χ1) is 7.61. The molecule has 1 aromatic rings. The molecule has 0 aliphatic rings. The second-order valence-corrected chi connectivity index (χ2v) is 2.97. The molecule has 0 atom stereocenters. The van der Waals surface area contributed by atoms with Crippen molar-refractivity contribution in [1.29, 1.82) is 0 Å². The Bertz CT molecular complexity index is 396. The molecule has 0 amide bonds. The summed E-state index contributed by atoms with van der Waals surface area (Å²) in [6, 6.07) is 8.73. The number of benzene rings is 1. The molecule has 0 spiro atoms. The van der Waals surface area contributed by atoms with E-state index in [4.69, 9.17) is 9.84 Å². The summed E-state index contributed by atoms with van der Waals surface area (Å²) in [5.74, 6) is -3.53. The van der Waals surface area contributed by atoms with E-state index in [-0.39, 0.29) is 13.0 Å². The van der Waals surface area contributed by atoms with E-state index in [0.717, 1.165) is 0 Å². The van der Waals surface area contributed by atoms with Gasteiger partial charge in [0.15, 0.2) is 0 Å². The van der Waals surface area contributed by atoms with E-state index < -0.39 is 17.5 Å². The van der Waals surface area contributed by atoms with Gasteiger partial charge in [-0.05, 0) is 12.1 Å². The van der Waals surface area contributed by atoms with Gasteiger partial charge in [-0.3, -0.25) is 9.59 Å². The number of hydrogen-bond acceptors (Lipinski definition) is 4. The molecular formula is C11H10O5. The van der Waals surface area contributed by atoms with Crippen molar-refractivity contribution in [3.8, 4) is 5.75 Å². The highest BCUT2D eigenvalue weighted by atomic mass is 16.5. The third-order valence-corrected chi connectivity index (χ3v) is 1.79. The highest BCUT2D eigenvalue weighted by Gasteiger charge is 2.20.